The van der Waals surface area contributed by atoms with Gasteiger partial charge in [0.2, 0.25) is 0 Å². The van der Waals surface area contributed by atoms with Gasteiger partial charge in [0.25, 0.3) is 5.91 Å². The maximum atomic E-state index is 11.7. The summed E-state index contributed by atoms with van der Waals surface area (Å²) >= 11 is 1.41. The number of thiophene rings is 1. The number of amides is 1. The first kappa shape index (κ1) is 11.6. The van der Waals surface area contributed by atoms with Crippen molar-refractivity contribution in [2.75, 3.05) is 19.8 Å². The lowest BCUT2D eigenvalue weighted by Crippen LogP contribution is -2.43. The summed E-state index contributed by atoms with van der Waals surface area (Å²) in [4.78, 5) is 12.4. The Kier molecular flexibility index (Phi) is 3.28. The van der Waals surface area contributed by atoms with Crippen LogP contribution in [0.5, 0.6) is 0 Å². The zero-order valence-corrected chi connectivity index (χ0v) is 9.97. The lowest BCUT2D eigenvalue weighted by molar-refractivity contribution is 0.0265. The highest BCUT2D eigenvalue weighted by atomic mass is 32.1. The second-order valence-corrected chi connectivity index (χ2v) is 5.11. The van der Waals surface area contributed by atoms with E-state index in [0.29, 0.717) is 24.5 Å². The van der Waals surface area contributed by atoms with Crippen molar-refractivity contribution in [2.24, 2.45) is 0 Å². The van der Waals surface area contributed by atoms with Gasteiger partial charge in [-0.2, -0.15) is 0 Å². The third-order valence-corrected chi connectivity index (χ3v) is 3.66. The maximum Gasteiger partial charge on any atom is 0.261 e. The van der Waals surface area contributed by atoms with Crippen LogP contribution in [0.15, 0.2) is 11.4 Å². The first-order valence-electron chi connectivity index (χ1n) is 5.23. The number of rotatable bonds is 3. The van der Waals surface area contributed by atoms with Crippen molar-refractivity contribution in [1.82, 2.24) is 5.32 Å². The van der Waals surface area contributed by atoms with Crippen LogP contribution >= 0.6 is 11.3 Å². The molecule has 0 saturated carbocycles. The van der Waals surface area contributed by atoms with E-state index in [1.807, 2.05) is 18.4 Å². The zero-order chi connectivity index (χ0) is 11.6. The standard InChI is InChI=1S/C11H15NO3S/c1-8-4-9(16-5-8)10(13)12-6-11(14)2-3-15-7-11/h4-5,14H,2-3,6-7H2,1H3,(H,12,13)/t11-/m0/s1. The molecule has 0 aliphatic carbocycles. The van der Waals surface area contributed by atoms with E-state index < -0.39 is 5.60 Å². The molecular formula is C11H15NO3S. The first-order chi connectivity index (χ1) is 7.59. The van der Waals surface area contributed by atoms with Crippen molar-refractivity contribution in [3.63, 3.8) is 0 Å². The number of hydrogen-bond acceptors (Lipinski definition) is 4. The number of carbonyl (C=O) groups excluding carboxylic acids is 1. The lowest BCUT2D eigenvalue weighted by Gasteiger charge is -2.20. The van der Waals surface area contributed by atoms with Gasteiger partial charge in [0.05, 0.1) is 11.5 Å². The SMILES string of the molecule is Cc1csc(C(=O)NC[C@@]2(O)CCOC2)c1. The summed E-state index contributed by atoms with van der Waals surface area (Å²) in [5, 5.41) is 14.6. The average molecular weight is 241 g/mol. The zero-order valence-electron chi connectivity index (χ0n) is 9.16. The first-order valence-corrected chi connectivity index (χ1v) is 6.10. The molecule has 0 bridgehead atoms. The van der Waals surface area contributed by atoms with E-state index in [1.165, 1.54) is 11.3 Å². The lowest BCUT2D eigenvalue weighted by atomic mass is 10.0. The van der Waals surface area contributed by atoms with Gasteiger partial charge in [0, 0.05) is 19.6 Å². The Labute approximate surface area is 98.2 Å². The van der Waals surface area contributed by atoms with Crippen LogP contribution in [0.3, 0.4) is 0 Å². The average Bonchev–Trinajstić information content (AvgIpc) is 2.85. The van der Waals surface area contributed by atoms with Crippen LogP contribution in [0.1, 0.15) is 21.7 Å². The molecule has 2 rings (SSSR count). The van der Waals surface area contributed by atoms with Crippen molar-refractivity contribution in [3.05, 3.63) is 21.9 Å². The van der Waals surface area contributed by atoms with E-state index in [-0.39, 0.29) is 12.5 Å². The molecule has 1 fully saturated rings. The largest absolute Gasteiger partial charge is 0.386 e. The van der Waals surface area contributed by atoms with Gasteiger partial charge in [-0.05, 0) is 23.9 Å². The topological polar surface area (TPSA) is 58.6 Å². The normalized spacial score (nSPS) is 24.6. The van der Waals surface area contributed by atoms with Gasteiger partial charge in [-0.1, -0.05) is 0 Å². The molecule has 0 unspecified atom stereocenters. The number of hydrogen-bond donors (Lipinski definition) is 2. The fourth-order valence-corrected chi connectivity index (χ4v) is 2.43. The Morgan fingerprint density at radius 1 is 1.75 bits per heavy atom. The molecular weight excluding hydrogens is 226 g/mol. The summed E-state index contributed by atoms with van der Waals surface area (Å²) in [5.74, 6) is -0.126. The molecule has 1 aromatic heterocycles. The fraction of sp³-hybridized carbons (Fsp3) is 0.545. The van der Waals surface area contributed by atoms with E-state index in [0.717, 1.165) is 5.56 Å². The molecule has 1 aliphatic rings. The van der Waals surface area contributed by atoms with Crippen molar-refractivity contribution in [2.45, 2.75) is 18.9 Å². The molecule has 1 saturated heterocycles. The molecule has 4 nitrogen and oxygen atoms in total. The van der Waals surface area contributed by atoms with Crippen LogP contribution < -0.4 is 5.32 Å². The Hall–Kier alpha value is -0.910. The summed E-state index contributed by atoms with van der Waals surface area (Å²) in [6.07, 6.45) is 0.580. The molecule has 1 amide bonds. The van der Waals surface area contributed by atoms with Crippen LogP contribution in [0.4, 0.5) is 0 Å². The molecule has 1 aliphatic heterocycles. The minimum atomic E-state index is -0.887. The van der Waals surface area contributed by atoms with Gasteiger partial charge < -0.3 is 15.2 Å². The highest BCUT2D eigenvalue weighted by molar-refractivity contribution is 7.12. The van der Waals surface area contributed by atoms with Gasteiger partial charge in [-0.25, -0.2) is 0 Å². The number of nitrogens with one attached hydrogen (secondary N) is 1. The van der Waals surface area contributed by atoms with E-state index in [4.69, 9.17) is 4.74 Å². The fourth-order valence-electron chi connectivity index (χ4n) is 1.62. The highest BCUT2D eigenvalue weighted by Gasteiger charge is 2.32. The molecule has 16 heavy (non-hydrogen) atoms. The Bertz CT molecular complexity index is 382. The second kappa shape index (κ2) is 4.53. The number of ether oxygens (including phenoxy) is 1. The van der Waals surface area contributed by atoms with Crippen LogP contribution in [-0.4, -0.2) is 36.4 Å². The third kappa shape index (κ3) is 2.61. The van der Waals surface area contributed by atoms with Gasteiger partial charge >= 0.3 is 0 Å². The predicted molar refractivity (Wildman–Crippen MR) is 61.8 cm³/mol. The molecule has 0 aromatic carbocycles. The predicted octanol–water partition coefficient (Wildman–Crippen LogP) is 0.938. The van der Waals surface area contributed by atoms with Gasteiger partial charge in [0.1, 0.15) is 5.60 Å². The second-order valence-electron chi connectivity index (χ2n) is 4.20. The molecule has 1 atom stereocenters. The molecule has 5 heteroatoms. The highest BCUT2D eigenvalue weighted by Crippen LogP contribution is 2.18. The molecule has 88 valence electrons. The molecule has 0 spiro atoms. The summed E-state index contributed by atoms with van der Waals surface area (Å²) < 4.78 is 5.10. The van der Waals surface area contributed by atoms with E-state index >= 15 is 0 Å². The Morgan fingerprint density at radius 3 is 3.12 bits per heavy atom. The number of aryl methyl sites for hydroxylation is 1. The van der Waals surface area contributed by atoms with Crippen molar-refractivity contribution in [1.29, 1.82) is 0 Å². The maximum absolute atomic E-state index is 11.7. The minimum absolute atomic E-state index is 0.126. The van der Waals surface area contributed by atoms with Crippen molar-refractivity contribution >= 4 is 17.2 Å². The van der Waals surface area contributed by atoms with Crippen LogP contribution in [0.2, 0.25) is 0 Å². The van der Waals surface area contributed by atoms with Crippen LogP contribution in [-0.2, 0) is 4.74 Å². The van der Waals surface area contributed by atoms with E-state index in [9.17, 15) is 9.90 Å². The molecule has 0 radical (unpaired) electrons. The monoisotopic (exact) mass is 241 g/mol. The number of carbonyl (C=O) groups is 1. The smallest absolute Gasteiger partial charge is 0.261 e. The molecule has 2 N–H and O–H groups in total. The van der Waals surface area contributed by atoms with Crippen LogP contribution in [0, 0.1) is 6.92 Å². The van der Waals surface area contributed by atoms with E-state index in [2.05, 4.69) is 5.32 Å². The summed E-state index contributed by atoms with van der Waals surface area (Å²) in [6, 6.07) is 1.84. The van der Waals surface area contributed by atoms with Gasteiger partial charge in [0.15, 0.2) is 0 Å². The number of aliphatic hydroxyl groups is 1. The summed E-state index contributed by atoms with van der Waals surface area (Å²) in [7, 11) is 0. The Balaban J connectivity index is 1.88. The van der Waals surface area contributed by atoms with E-state index in [1.54, 1.807) is 0 Å². The van der Waals surface area contributed by atoms with Crippen molar-refractivity contribution < 1.29 is 14.6 Å². The third-order valence-electron chi connectivity index (χ3n) is 2.61. The summed E-state index contributed by atoms with van der Waals surface area (Å²) in [6.45, 7) is 3.07. The van der Waals surface area contributed by atoms with Gasteiger partial charge in [-0.15, -0.1) is 11.3 Å². The van der Waals surface area contributed by atoms with Crippen molar-refractivity contribution in [3.8, 4) is 0 Å². The Morgan fingerprint density at radius 2 is 2.56 bits per heavy atom. The van der Waals surface area contributed by atoms with Gasteiger partial charge in [-0.3, -0.25) is 4.79 Å². The quantitative estimate of drug-likeness (QED) is 0.828. The van der Waals surface area contributed by atoms with Crippen LogP contribution in [0.25, 0.3) is 0 Å². The molecule has 2 heterocycles. The summed E-state index contributed by atoms with van der Waals surface area (Å²) in [5.41, 5.74) is 0.195. The molecule has 1 aromatic rings. The minimum Gasteiger partial charge on any atom is -0.386 e.